The van der Waals surface area contributed by atoms with Crippen molar-refractivity contribution in [3.05, 3.63) is 29.9 Å². The van der Waals surface area contributed by atoms with Crippen molar-refractivity contribution in [3.63, 3.8) is 0 Å². The van der Waals surface area contributed by atoms with E-state index in [9.17, 15) is 4.79 Å². The first-order chi connectivity index (χ1) is 10.7. The van der Waals surface area contributed by atoms with Crippen molar-refractivity contribution >= 4 is 17.5 Å². The molecule has 2 aliphatic heterocycles. The lowest BCUT2D eigenvalue weighted by molar-refractivity contribution is -0.138. The smallest absolute Gasteiger partial charge is 0.354 e. The van der Waals surface area contributed by atoms with Crippen LogP contribution in [0.2, 0.25) is 0 Å². The summed E-state index contributed by atoms with van der Waals surface area (Å²) < 4.78 is 10.9. The van der Waals surface area contributed by atoms with Crippen LogP contribution in [0.5, 0.6) is 0 Å². The fraction of sp³-hybridized carbons (Fsp3) is 0.467. The number of hydrogen-bond donors (Lipinski definition) is 1. The molecule has 0 radical (unpaired) electrons. The maximum atomic E-state index is 11.9. The van der Waals surface area contributed by atoms with E-state index in [2.05, 4.69) is 15.0 Å². The molecule has 0 aromatic carbocycles. The minimum Gasteiger partial charge on any atom is -0.461 e. The van der Waals surface area contributed by atoms with Crippen molar-refractivity contribution < 1.29 is 14.3 Å². The van der Waals surface area contributed by atoms with Crippen LogP contribution >= 0.6 is 0 Å². The standard InChI is InChI=1S/C15H18N4O3/c1-2-21-15(20)13(16)10-7-9-3-4-11(22-9)14(10)19-12-8-17-5-6-18-12/h5-6,8-9,11H,2-4,7,16H2,1H3/b13-10-,19-14?. The summed E-state index contributed by atoms with van der Waals surface area (Å²) in [5, 5.41) is 0. The molecule has 3 heterocycles. The van der Waals surface area contributed by atoms with Crippen LogP contribution in [0.4, 0.5) is 5.82 Å². The first-order valence-corrected chi connectivity index (χ1v) is 7.35. The first kappa shape index (κ1) is 14.6. The predicted molar refractivity (Wildman–Crippen MR) is 79.5 cm³/mol. The molecule has 0 aliphatic carbocycles. The summed E-state index contributed by atoms with van der Waals surface area (Å²) in [5.41, 5.74) is 7.50. The van der Waals surface area contributed by atoms with Gasteiger partial charge in [-0.15, -0.1) is 0 Å². The lowest BCUT2D eigenvalue weighted by Crippen LogP contribution is -2.33. The van der Waals surface area contributed by atoms with Crippen molar-refractivity contribution in [1.29, 1.82) is 0 Å². The Kier molecular flexibility index (Phi) is 4.15. The Hall–Kier alpha value is -2.28. The van der Waals surface area contributed by atoms with Gasteiger partial charge in [0.25, 0.3) is 0 Å². The molecule has 22 heavy (non-hydrogen) atoms. The topological polar surface area (TPSA) is 99.7 Å². The maximum absolute atomic E-state index is 11.9. The SMILES string of the molecule is CCOC(=O)/C(N)=C1\CC2CCC(O2)C1=Nc1cnccn1. The van der Waals surface area contributed by atoms with Gasteiger partial charge in [-0.3, -0.25) is 4.98 Å². The normalized spacial score (nSPS) is 27.8. The molecule has 1 aromatic heterocycles. The second-order valence-corrected chi connectivity index (χ2v) is 5.20. The Morgan fingerprint density at radius 2 is 2.36 bits per heavy atom. The van der Waals surface area contributed by atoms with Gasteiger partial charge in [0, 0.05) is 24.4 Å². The number of fused-ring (bicyclic) bond motifs is 2. The number of esters is 1. The largest absolute Gasteiger partial charge is 0.461 e. The second-order valence-electron chi connectivity index (χ2n) is 5.20. The summed E-state index contributed by atoms with van der Waals surface area (Å²) in [4.78, 5) is 24.6. The summed E-state index contributed by atoms with van der Waals surface area (Å²) in [5.74, 6) is -0.0359. The van der Waals surface area contributed by atoms with E-state index in [1.807, 2.05) is 0 Å². The van der Waals surface area contributed by atoms with Crippen molar-refractivity contribution in [2.24, 2.45) is 10.7 Å². The molecule has 0 spiro atoms. The van der Waals surface area contributed by atoms with Crippen LogP contribution in [0.3, 0.4) is 0 Å². The van der Waals surface area contributed by atoms with Gasteiger partial charge < -0.3 is 15.2 Å². The van der Waals surface area contributed by atoms with Gasteiger partial charge in [0.05, 0.1) is 24.6 Å². The monoisotopic (exact) mass is 302 g/mol. The third kappa shape index (κ3) is 2.85. The van der Waals surface area contributed by atoms with Gasteiger partial charge in [0.1, 0.15) is 11.8 Å². The van der Waals surface area contributed by atoms with E-state index >= 15 is 0 Å². The van der Waals surface area contributed by atoms with Crippen molar-refractivity contribution in [2.75, 3.05) is 6.61 Å². The number of ether oxygens (including phenoxy) is 2. The zero-order valence-corrected chi connectivity index (χ0v) is 12.4. The molecule has 2 aliphatic rings. The highest BCUT2D eigenvalue weighted by Gasteiger charge is 2.39. The third-order valence-electron chi connectivity index (χ3n) is 3.76. The molecular formula is C15H18N4O3. The van der Waals surface area contributed by atoms with E-state index in [4.69, 9.17) is 15.2 Å². The highest BCUT2D eigenvalue weighted by atomic mass is 16.5. The lowest BCUT2D eigenvalue weighted by Gasteiger charge is -2.26. The summed E-state index contributed by atoms with van der Waals surface area (Å²) in [6.45, 7) is 2.03. The Balaban J connectivity index is 2.01. The Labute approximate surface area is 128 Å². The fourth-order valence-corrected chi connectivity index (χ4v) is 2.78. The molecule has 7 nitrogen and oxygen atoms in total. The number of aliphatic imine (C=N–C) groups is 1. The number of carbonyl (C=O) groups excluding carboxylic acids is 1. The van der Waals surface area contributed by atoms with Gasteiger partial charge in [-0.1, -0.05) is 0 Å². The molecule has 2 bridgehead atoms. The van der Waals surface area contributed by atoms with Crippen LogP contribution in [0.25, 0.3) is 0 Å². The fourth-order valence-electron chi connectivity index (χ4n) is 2.78. The third-order valence-corrected chi connectivity index (χ3v) is 3.76. The summed E-state index contributed by atoms with van der Waals surface area (Å²) in [6, 6.07) is 0. The highest BCUT2D eigenvalue weighted by Crippen LogP contribution is 2.35. The minimum atomic E-state index is -0.509. The molecule has 2 fully saturated rings. The van der Waals surface area contributed by atoms with Crippen molar-refractivity contribution in [3.8, 4) is 0 Å². The summed E-state index contributed by atoms with van der Waals surface area (Å²) in [7, 11) is 0. The molecule has 2 saturated heterocycles. The molecule has 2 atom stereocenters. The molecule has 116 valence electrons. The summed E-state index contributed by atoms with van der Waals surface area (Å²) >= 11 is 0. The number of nitrogens with two attached hydrogens (primary N) is 1. The molecule has 0 saturated carbocycles. The van der Waals surface area contributed by atoms with Crippen LogP contribution in [-0.4, -0.2) is 40.5 Å². The average Bonchev–Trinajstić information content (AvgIpc) is 2.93. The van der Waals surface area contributed by atoms with E-state index in [-0.39, 0.29) is 24.5 Å². The van der Waals surface area contributed by atoms with Gasteiger partial charge >= 0.3 is 5.97 Å². The molecule has 2 N–H and O–H groups in total. The lowest BCUT2D eigenvalue weighted by atomic mass is 9.98. The number of aromatic nitrogens is 2. The van der Waals surface area contributed by atoms with Gasteiger partial charge in [-0.2, -0.15) is 0 Å². The van der Waals surface area contributed by atoms with E-state index in [0.29, 0.717) is 23.5 Å². The van der Waals surface area contributed by atoms with Gasteiger partial charge in [-0.25, -0.2) is 14.8 Å². The Morgan fingerprint density at radius 1 is 1.50 bits per heavy atom. The molecule has 0 amide bonds. The molecule has 3 rings (SSSR count). The van der Waals surface area contributed by atoms with E-state index in [1.54, 1.807) is 25.5 Å². The van der Waals surface area contributed by atoms with Gasteiger partial charge in [-0.05, 0) is 19.8 Å². The zero-order chi connectivity index (χ0) is 15.5. The van der Waals surface area contributed by atoms with E-state index in [0.717, 1.165) is 12.8 Å². The quantitative estimate of drug-likeness (QED) is 0.667. The van der Waals surface area contributed by atoms with Gasteiger partial charge in [0.2, 0.25) is 0 Å². The van der Waals surface area contributed by atoms with Crippen molar-refractivity contribution in [1.82, 2.24) is 9.97 Å². The second kappa shape index (κ2) is 6.23. The molecule has 7 heteroatoms. The maximum Gasteiger partial charge on any atom is 0.354 e. The van der Waals surface area contributed by atoms with E-state index < -0.39 is 5.97 Å². The average molecular weight is 302 g/mol. The Morgan fingerprint density at radius 3 is 3.09 bits per heavy atom. The van der Waals surface area contributed by atoms with E-state index in [1.165, 1.54) is 0 Å². The predicted octanol–water partition coefficient (Wildman–Crippen LogP) is 1.28. The minimum absolute atomic E-state index is 0.0915. The summed E-state index contributed by atoms with van der Waals surface area (Å²) in [6.07, 6.45) is 7.02. The van der Waals surface area contributed by atoms with Crippen LogP contribution in [0.1, 0.15) is 26.2 Å². The first-order valence-electron chi connectivity index (χ1n) is 7.35. The Bertz CT molecular complexity index is 627. The zero-order valence-electron chi connectivity index (χ0n) is 12.4. The number of rotatable bonds is 3. The van der Waals surface area contributed by atoms with Crippen LogP contribution in [-0.2, 0) is 14.3 Å². The van der Waals surface area contributed by atoms with Crippen molar-refractivity contribution in [2.45, 2.75) is 38.4 Å². The van der Waals surface area contributed by atoms with Crippen LogP contribution in [0, 0.1) is 0 Å². The number of nitrogens with zero attached hydrogens (tertiary/aromatic N) is 3. The van der Waals surface area contributed by atoms with Crippen LogP contribution < -0.4 is 5.73 Å². The molecule has 1 aromatic rings. The number of carbonyl (C=O) groups is 1. The molecular weight excluding hydrogens is 284 g/mol. The van der Waals surface area contributed by atoms with Gasteiger partial charge in [0.15, 0.2) is 5.82 Å². The highest BCUT2D eigenvalue weighted by molar-refractivity contribution is 6.10. The molecule has 2 unspecified atom stereocenters. The number of hydrogen-bond acceptors (Lipinski definition) is 7. The van der Waals surface area contributed by atoms with Crippen LogP contribution in [0.15, 0.2) is 34.9 Å².